The van der Waals surface area contributed by atoms with Crippen molar-refractivity contribution in [2.45, 2.75) is 26.9 Å². The molecule has 2 aromatic rings. The van der Waals surface area contributed by atoms with Crippen LogP contribution in [0.2, 0.25) is 0 Å². The molecule has 1 atom stereocenters. The minimum absolute atomic E-state index is 0.257. The quantitative estimate of drug-likeness (QED) is 0.661. The van der Waals surface area contributed by atoms with E-state index in [1.807, 2.05) is 56.3 Å². The van der Waals surface area contributed by atoms with Crippen LogP contribution in [0.4, 0.5) is 11.4 Å². The highest BCUT2D eigenvalue weighted by Crippen LogP contribution is 2.19. The summed E-state index contributed by atoms with van der Waals surface area (Å²) in [6.07, 6.45) is -0.850. The zero-order valence-corrected chi connectivity index (χ0v) is 15.9. The summed E-state index contributed by atoms with van der Waals surface area (Å²) in [5.41, 5.74) is 1.89. The van der Waals surface area contributed by atoms with Crippen LogP contribution < -0.4 is 15.4 Å². The summed E-state index contributed by atoms with van der Waals surface area (Å²) in [5.74, 6) is -0.0240. The van der Waals surface area contributed by atoms with Crippen LogP contribution in [0.5, 0.6) is 5.75 Å². The molecule has 0 aliphatic heterocycles. The minimum atomic E-state index is -0.850. The minimum Gasteiger partial charge on any atom is -0.482 e. The van der Waals surface area contributed by atoms with Crippen molar-refractivity contribution in [1.82, 2.24) is 5.32 Å². The SMILES string of the molecule is CC(C)CNC(=O)[C@@H](C)OC(=O)COc1ccc(Nc2ccccc2)cc1. The maximum atomic E-state index is 11.8. The molecule has 6 heteroatoms. The van der Waals surface area contributed by atoms with E-state index in [0.717, 1.165) is 11.4 Å². The smallest absolute Gasteiger partial charge is 0.344 e. The molecule has 2 aromatic carbocycles. The number of nitrogens with one attached hydrogen (secondary N) is 2. The van der Waals surface area contributed by atoms with Crippen LogP contribution in [0.15, 0.2) is 54.6 Å². The lowest BCUT2D eigenvalue weighted by Gasteiger charge is -2.15. The molecule has 0 aliphatic carbocycles. The molecule has 0 saturated heterocycles. The second kappa shape index (κ2) is 10.2. The van der Waals surface area contributed by atoms with Gasteiger partial charge in [-0.15, -0.1) is 0 Å². The predicted octanol–water partition coefficient (Wildman–Crippen LogP) is 3.51. The number of rotatable bonds is 9. The van der Waals surface area contributed by atoms with E-state index in [1.165, 1.54) is 6.92 Å². The van der Waals surface area contributed by atoms with E-state index in [4.69, 9.17) is 9.47 Å². The van der Waals surface area contributed by atoms with Gasteiger partial charge in [-0.1, -0.05) is 32.0 Å². The molecule has 0 aliphatic rings. The first-order chi connectivity index (χ1) is 12.9. The van der Waals surface area contributed by atoms with Crippen molar-refractivity contribution in [2.24, 2.45) is 5.92 Å². The van der Waals surface area contributed by atoms with Crippen molar-refractivity contribution in [3.05, 3.63) is 54.6 Å². The van der Waals surface area contributed by atoms with Gasteiger partial charge >= 0.3 is 5.97 Å². The highest BCUT2D eigenvalue weighted by molar-refractivity contribution is 5.83. The van der Waals surface area contributed by atoms with Crippen LogP contribution in [-0.4, -0.2) is 31.1 Å². The molecular formula is C21H26N2O4. The zero-order chi connectivity index (χ0) is 19.6. The maximum Gasteiger partial charge on any atom is 0.344 e. The summed E-state index contributed by atoms with van der Waals surface area (Å²) < 4.78 is 10.5. The molecule has 0 aromatic heterocycles. The van der Waals surface area contributed by atoms with Crippen molar-refractivity contribution in [3.8, 4) is 5.75 Å². The van der Waals surface area contributed by atoms with Crippen LogP contribution in [-0.2, 0) is 14.3 Å². The number of amides is 1. The first-order valence-electron chi connectivity index (χ1n) is 8.96. The predicted molar refractivity (Wildman–Crippen MR) is 105 cm³/mol. The highest BCUT2D eigenvalue weighted by Gasteiger charge is 2.18. The molecule has 144 valence electrons. The number of esters is 1. The second-order valence-electron chi connectivity index (χ2n) is 6.58. The van der Waals surface area contributed by atoms with E-state index in [0.29, 0.717) is 18.2 Å². The average molecular weight is 370 g/mol. The van der Waals surface area contributed by atoms with E-state index < -0.39 is 12.1 Å². The van der Waals surface area contributed by atoms with Crippen LogP contribution >= 0.6 is 0 Å². The van der Waals surface area contributed by atoms with E-state index in [9.17, 15) is 9.59 Å². The summed E-state index contributed by atoms with van der Waals surface area (Å²) in [7, 11) is 0. The van der Waals surface area contributed by atoms with Crippen LogP contribution in [0, 0.1) is 5.92 Å². The maximum absolute atomic E-state index is 11.8. The van der Waals surface area contributed by atoms with Crippen molar-refractivity contribution >= 4 is 23.3 Å². The largest absolute Gasteiger partial charge is 0.482 e. The van der Waals surface area contributed by atoms with Gasteiger partial charge in [0, 0.05) is 17.9 Å². The molecule has 2 N–H and O–H groups in total. The molecule has 1 amide bonds. The first kappa shape index (κ1) is 20.3. The number of benzene rings is 2. The Hall–Kier alpha value is -3.02. The fraction of sp³-hybridized carbons (Fsp3) is 0.333. The van der Waals surface area contributed by atoms with E-state index in [2.05, 4.69) is 10.6 Å². The number of carbonyl (C=O) groups excluding carboxylic acids is 2. The summed E-state index contributed by atoms with van der Waals surface area (Å²) in [6.45, 7) is 5.81. The van der Waals surface area contributed by atoms with Gasteiger partial charge in [0.2, 0.25) is 0 Å². The van der Waals surface area contributed by atoms with Gasteiger partial charge < -0.3 is 20.1 Å². The van der Waals surface area contributed by atoms with Gasteiger partial charge in [0.1, 0.15) is 5.75 Å². The molecular weight excluding hydrogens is 344 g/mol. The number of hydrogen-bond donors (Lipinski definition) is 2. The summed E-state index contributed by atoms with van der Waals surface area (Å²) in [6, 6.07) is 17.0. The van der Waals surface area contributed by atoms with Gasteiger partial charge in [-0.05, 0) is 49.2 Å². The van der Waals surface area contributed by atoms with Gasteiger partial charge in [-0.2, -0.15) is 0 Å². The topological polar surface area (TPSA) is 76.7 Å². The van der Waals surface area contributed by atoms with Crippen molar-refractivity contribution < 1.29 is 19.1 Å². The Labute approximate surface area is 159 Å². The summed E-state index contributed by atoms with van der Waals surface area (Å²) in [4.78, 5) is 23.6. The third-order valence-corrected chi connectivity index (χ3v) is 3.64. The fourth-order valence-electron chi connectivity index (χ4n) is 2.20. The van der Waals surface area contributed by atoms with Crippen LogP contribution in [0.3, 0.4) is 0 Å². The van der Waals surface area contributed by atoms with E-state index in [1.54, 1.807) is 12.1 Å². The normalized spacial score (nSPS) is 11.6. The molecule has 0 heterocycles. The van der Waals surface area contributed by atoms with Crippen molar-refractivity contribution in [1.29, 1.82) is 0 Å². The van der Waals surface area contributed by atoms with E-state index in [-0.39, 0.29) is 12.5 Å². The van der Waals surface area contributed by atoms with Gasteiger partial charge in [0.15, 0.2) is 12.7 Å². The molecule has 0 bridgehead atoms. The monoisotopic (exact) mass is 370 g/mol. The third-order valence-electron chi connectivity index (χ3n) is 3.64. The molecule has 6 nitrogen and oxygen atoms in total. The summed E-state index contributed by atoms with van der Waals surface area (Å²) in [5, 5.41) is 5.99. The Morgan fingerprint density at radius 1 is 0.926 bits per heavy atom. The lowest BCUT2D eigenvalue weighted by atomic mass is 10.2. The van der Waals surface area contributed by atoms with Gasteiger partial charge in [0.05, 0.1) is 0 Å². The molecule has 0 unspecified atom stereocenters. The lowest BCUT2D eigenvalue weighted by molar-refractivity contribution is -0.156. The van der Waals surface area contributed by atoms with E-state index >= 15 is 0 Å². The number of para-hydroxylation sites is 1. The lowest BCUT2D eigenvalue weighted by Crippen LogP contribution is -2.38. The molecule has 2 rings (SSSR count). The fourth-order valence-corrected chi connectivity index (χ4v) is 2.20. The molecule has 0 radical (unpaired) electrons. The third kappa shape index (κ3) is 7.40. The van der Waals surface area contributed by atoms with Gasteiger partial charge in [-0.3, -0.25) is 4.79 Å². The first-order valence-corrected chi connectivity index (χ1v) is 8.96. The Balaban J connectivity index is 1.75. The standard InChI is InChI=1S/C21H26N2O4/c1-15(2)13-22-21(25)16(3)27-20(24)14-26-19-11-9-18(10-12-19)23-17-7-5-4-6-8-17/h4-12,15-16,23H,13-14H2,1-3H3,(H,22,25)/t16-/m1/s1. The number of anilines is 2. The van der Waals surface area contributed by atoms with Crippen molar-refractivity contribution in [3.63, 3.8) is 0 Å². The highest BCUT2D eigenvalue weighted by atomic mass is 16.6. The molecule has 27 heavy (non-hydrogen) atoms. The number of ether oxygens (including phenoxy) is 2. The number of hydrogen-bond acceptors (Lipinski definition) is 5. The van der Waals surface area contributed by atoms with Crippen molar-refractivity contribution in [2.75, 3.05) is 18.5 Å². The van der Waals surface area contributed by atoms with Gasteiger partial charge in [-0.25, -0.2) is 4.79 Å². The van der Waals surface area contributed by atoms with Crippen LogP contribution in [0.25, 0.3) is 0 Å². The molecule has 0 saturated carbocycles. The Kier molecular flexibility index (Phi) is 7.67. The zero-order valence-electron chi connectivity index (χ0n) is 15.9. The Morgan fingerprint density at radius 2 is 1.56 bits per heavy atom. The molecule has 0 fully saturated rings. The Morgan fingerprint density at radius 3 is 2.19 bits per heavy atom. The Bertz CT molecular complexity index is 730. The summed E-state index contributed by atoms with van der Waals surface area (Å²) >= 11 is 0. The molecule has 0 spiro atoms. The second-order valence-corrected chi connectivity index (χ2v) is 6.58. The average Bonchev–Trinajstić information content (AvgIpc) is 2.66. The van der Waals surface area contributed by atoms with Crippen LogP contribution in [0.1, 0.15) is 20.8 Å². The number of carbonyl (C=O) groups is 2. The van der Waals surface area contributed by atoms with Gasteiger partial charge in [0.25, 0.3) is 5.91 Å².